The molecule has 3 N–H and O–H groups in total. The van der Waals surface area contributed by atoms with E-state index in [1.54, 1.807) is 0 Å². The van der Waals surface area contributed by atoms with Crippen LogP contribution in [0.15, 0.2) is 30.6 Å². The van der Waals surface area contributed by atoms with Crippen LogP contribution in [0.5, 0.6) is 0 Å². The van der Waals surface area contributed by atoms with Gasteiger partial charge in [0.25, 0.3) is 0 Å². The van der Waals surface area contributed by atoms with Crippen LogP contribution in [0.25, 0.3) is 5.65 Å². The Morgan fingerprint density at radius 2 is 2.11 bits per heavy atom. The van der Waals surface area contributed by atoms with Crippen molar-refractivity contribution in [1.29, 1.82) is 0 Å². The van der Waals surface area contributed by atoms with E-state index in [1.807, 2.05) is 24.5 Å². The van der Waals surface area contributed by atoms with Crippen molar-refractivity contribution < 1.29 is 0 Å². The fraction of sp³-hybridized carbons (Fsp3) is 0.500. The fourth-order valence-corrected chi connectivity index (χ4v) is 2.77. The first-order valence-electron chi connectivity index (χ1n) is 6.79. The van der Waals surface area contributed by atoms with Crippen LogP contribution in [-0.2, 0) is 0 Å². The van der Waals surface area contributed by atoms with E-state index >= 15 is 0 Å². The monoisotopic (exact) mass is 244 g/mol. The number of hydrogen-bond donors (Lipinski definition) is 2. The molecule has 0 bridgehead atoms. The highest BCUT2D eigenvalue weighted by atomic mass is 15.1. The summed E-state index contributed by atoms with van der Waals surface area (Å²) in [5.74, 6) is 1.09. The highest BCUT2D eigenvalue weighted by Gasteiger charge is 2.20. The van der Waals surface area contributed by atoms with Crippen molar-refractivity contribution in [3.05, 3.63) is 30.6 Å². The molecule has 1 saturated carbocycles. The van der Waals surface area contributed by atoms with E-state index in [0.717, 1.165) is 24.3 Å². The summed E-state index contributed by atoms with van der Waals surface area (Å²) in [6.45, 7) is 0. The number of rotatable bonds is 2. The van der Waals surface area contributed by atoms with Gasteiger partial charge in [0, 0.05) is 24.5 Å². The van der Waals surface area contributed by atoms with Gasteiger partial charge in [-0.25, -0.2) is 4.98 Å². The Hall–Kier alpha value is -1.55. The largest absolute Gasteiger partial charge is 0.367 e. The molecule has 0 spiro atoms. The summed E-state index contributed by atoms with van der Waals surface area (Å²) < 4.78 is 2.08. The summed E-state index contributed by atoms with van der Waals surface area (Å²) >= 11 is 0. The second kappa shape index (κ2) is 4.98. The molecule has 2 aromatic heterocycles. The molecule has 2 aromatic rings. The smallest absolute Gasteiger partial charge is 0.138 e. The number of aromatic nitrogens is 2. The number of imidazole rings is 1. The van der Waals surface area contributed by atoms with Gasteiger partial charge in [0.05, 0.1) is 0 Å². The predicted octanol–water partition coefficient (Wildman–Crippen LogP) is 2.41. The number of nitrogens with zero attached hydrogens (tertiary/aromatic N) is 2. The van der Waals surface area contributed by atoms with Gasteiger partial charge < -0.3 is 11.1 Å². The second-order valence-corrected chi connectivity index (χ2v) is 5.12. The molecule has 3 rings (SSSR count). The minimum absolute atomic E-state index is 0.256. The van der Waals surface area contributed by atoms with Gasteiger partial charge in [0.2, 0.25) is 0 Å². The summed E-state index contributed by atoms with van der Waals surface area (Å²) in [7, 11) is 0. The molecule has 0 radical (unpaired) electrons. The van der Waals surface area contributed by atoms with Crippen molar-refractivity contribution >= 4 is 11.5 Å². The van der Waals surface area contributed by atoms with Crippen LogP contribution in [0.4, 0.5) is 5.82 Å². The molecular weight excluding hydrogens is 224 g/mol. The number of hydrogen-bond acceptors (Lipinski definition) is 3. The predicted molar refractivity (Wildman–Crippen MR) is 73.7 cm³/mol. The molecule has 0 saturated heterocycles. The molecule has 4 nitrogen and oxygen atoms in total. The van der Waals surface area contributed by atoms with Crippen LogP contribution in [0.1, 0.15) is 32.1 Å². The van der Waals surface area contributed by atoms with Crippen LogP contribution in [0.2, 0.25) is 0 Å². The van der Waals surface area contributed by atoms with Crippen LogP contribution >= 0.6 is 0 Å². The third-order valence-corrected chi connectivity index (χ3v) is 3.83. The summed E-state index contributed by atoms with van der Waals surface area (Å²) in [6.07, 6.45) is 9.93. The highest BCUT2D eigenvalue weighted by Crippen LogP contribution is 2.21. The summed E-state index contributed by atoms with van der Waals surface area (Å²) in [6, 6.07) is 6.77. The third kappa shape index (κ3) is 2.20. The van der Waals surface area contributed by atoms with Gasteiger partial charge in [-0.3, -0.25) is 4.40 Å². The molecule has 2 unspecified atom stereocenters. The summed E-state index contributed by atoms with van der Waals surface area (Å²) in [5, 5.41) is 3.60. The molecule has 1 fully saturated rings. The Morgan fingerprint density at radius 3 is 3.06 bits per heavy atom. The van der Waals surface area contributed by atoms with E-state index in [9.17, 15) is 0 Å². The Kier molecular flexibility index (Phi) is 3.19. The minimum Gasteiger partial charge on any atom is -0.367 e. The zero-order valence-corrected chi connectivity index (χ0v) is 10.5. The van der Waals surface area contributed by atoms with Crippen LogP contribution < -0.4 is 11.1 Å². The first kappa shape index (κ1) is 11.5. The maximum atomic E-state index is 6.26. The lowest BCUT2D eigenvalue weighted by Gasteiger charge is -2.24. The first-order valence-corrected chi connectivity index (χ1v) is 6.79. The van der Waals surface area contributed by atoms with Gasteiger partial charge in [-0.15, -0.1) is 0 Å². The summed E-state index contributed by atoms with van der Waals surface area (Å²) in [5.41, 5.74) is 7.23. The number of fused-ring (bicyclic) bond motifs is 1. The Labute approximate surface area is 107 Å². The van der Waals surface area contributed by atoms with Gasteiger partial charge in [0.1, 0.15) is 11.5 Å². The van der Waals surface area contributed by atoms with E-state index in [-0.39, 0.29) is 6.04 Å². The highest BCUT2D eigenvalue weighted by molar-refractivity contribution is 5.50. The normalized spacial score (nSPS) is 24.9. The van der Waals surface area contributed by atoms with Crippen molar-refractivity contribution in [3.8, 4) is 0 Å². The van der Waals surface area contributed by atoms with Gasteiger partial charge in [-0.1, -0.05) is 25.3 Å². The second-order valence-electron chi connectivity index (χ2n) is 5.12. The van der Waals surface area contributed by atoms with Crippen molar-refractivity contribution in [3.63, 3.8) is 0 Å². The van der Waals surface area contributed by atoms with E-state index in [2.05, 4.69) is 20.8 Å². The summed E-state index contributed by atoms with van der Waals surface area (Å²) in [4.78, 5) is 4.30. The molecule has 2 atom stereocenters. The lowest BCUT2D eigenvalue weighted by molar-refractivity contribution is 0.526. The van der Waals surface area contributed by atoms with Crippen molar-refractivity contribution in [2.45, 2.75) is 44.2 Å². The topological polar surface area (TPSA) is 55.3 Å². The van der Waals surface area contributed by atoms with Gasteiger partial charge in [0.15, 0.2) is 0 Å². The SMILES string of the molecule is NC1CCCCCC1Nc1cccc2nccn12. The lowest BCUT2D eigenvalue weighted by Crippen LogP contribution is -2.39. The molecule has 4 heteroatoms. The molecule has 0 aromatic carbocycles. The number of anilines is 1. The standard InChI is InChI=1S/C14H20N4/c15-11-5-2-1-3-6-12(11)17-14-8-4-7-13-16-9-10-18(13)14/h4,7-12,17H,1-3,5-6,15H2. The maximum absolute atomic E-state index is 6.26. The van der Waals surface area contributed by atoms with Crippen molar-refractivity contribution in [2.24, 2.45) is 5.73 Å². The van der Waals surface area contributed by atoms with E-state index in [0.29, 0.717) is 6.04 Å². The molecule has 0 amide bonds. The van der Waals surface area contributed by atoms with Crippen LogP contribution in [-0.4, -0.2) is 21.5 Å². The average molecular weight is 244 g/mol. The van der Waals surface area contributed by atoms with Gasteiger partial charge in [-0.2, -0.15) is 0 Å². The molecule has 2 heterocycles. The molecular formula is C14H20N4. The van der Waals surface area contributed by atoms with Crippen molar-refractivity contribution in [1.82, 2.24) is 9.38 Å². The Morgan fingerprint density at radius 1 is 1.22 bits per heavy atom. The molecule has 0 aliphatic heterocycles. The zero-order chi connectivity index (χ0) is 12.4. The minimum atomic E-state index is 0.256. The lowest BCUT2D eigenvalue weighted by atomic mass is 10.0. The Bertz CT molecular complexity index is 519. The van der Waals surface area contributed by atoms with Gasteiger partial charge in [-0.05, 0) is 25.0 Å². The van der Waals surface area contributed by atoms with Crippen molar-refractivity contribution in [2.75, 3.05) is 5.32 Å². The van der Waals surface area contributed by atoms with Crippen LogP contribution in [0, 0.1) is 0 Å². The molecule has 1 aliphatic rings. The number of pyridine rings is 1. The molecule has 1 aliphatic carbocycles. The third-order valence-electron chi connectivity index (χ3n) is 3.83. The zero-order valence-electron chi connectivity index (χ0n) is 10.5. The number of nitrogens with one attached hydrogen (secondary N) is 1. The molecule has 96 valence electrons. The van der Waals surface area contributed by atoms with Gasteiger partial charge >= 0.3 is 0 Å². The first-order chi connectivity index (χ1) is 8.84. The van der Waals surface area contributed by atoms with E-state index in [4.69, 9.17) is 5.73 Å². The quantitative estimate of drug-likeness (QED) is 0.798. The van der Waals surface area contributed by atoms with E-state index in [1.165, 1.54) is 19.3 Å². The maximum Gasteiger partial charge on any atom is 0.138 e. The van der Waals surface area contributed by atoms with E-state index < -0.39 is 0 Å². The average Bonchev–Trinajstić information content (AvgIpc) is 2.77. The Balaban J connectivity index is 1.84. The number of nitrogens with two attached hydrogens (primary N) is 1. The fourth-order valence-electron chi connectivity index (χ4n) is 2.77. The van der Waals surface area contributed by atoms with Crippen LogP contribution in [0.3, 0.4) is 0 Å². The molecule has 18 heavy (non-hydrogen) atoms.